The van der Waals surface area contributed by atoms with Crippen molar-refractivity contribution in [2.24, 2.45) is 4.29 Å². The average molecular weight is 202 g/mol. The Bertz CT molecular complexity index is 47.3. The molecule has 0 spiro atoms. The number of hydrogen-bond donors (Lipinski definition) is 1. The molecule has 4 heteroatoms. The summed E-state index contributed by atoms with van der Waals surface area (Å²) in [7, 11) is 0. The summed E-state index contributed by atoms with van der Waals surface area (Å²) in [6, 6.07) is 0. The van der Waals surface area contributed by atoms with Crippen LogP contribution in [0.4, 0.5) is 0 Å². The average Bonchev–Trinajstić information content (AvgIpc) is 1.68. The van der Waals surface area contributed by atoms with Gasteiger partial charge in [-0.1, -0.05) is 0 Å². The van der Waals surface area contributed by atoms with Gasteiger partial charge < -0.3 is 0 Å². The molecule has 0 aliphatic carbocycles. The summed E-state index contributed by atoms with van der Waals surface area (Å²) < 4.78 is 15.4. The van der Waals surface area contributed by atoms with Crippen molar-refractivity contribution < 1.29 is 25.1 Å². The molecule has 8 heavy (non-hydrogen) atoms. The molecule has 0 heterocycles. The Kier molecular flexibility index (Phi) is 6.11. The molecule has 0 bridgehead atoms. The van der Waals surface area contributed by atoms with Crippen LogP contribution < -0.4 is 4.29 Å². The third-order valence-corrected chi connectivity index (χ3v) is 2.77. The van der Waals surface area contributed by atoms with Crippen molar-refractivity contribution in [1.29, 1.82) is 0 Å². The summed E-state index contributed by atoms with van der Waals surface area (Å²) >= 11 is -1.96. The molecule has 0 aliphatic heterocycles. The second-order valence-electron chi connectivity index (χ2n) is 1.07. The standard InChI is InChI=1S/2C2H5O.Mo.H2N/c2*1-2-3;;/h2*2H2,1H3;;1H2/q2*-1;+3;-1. The van der Waals surface area contributed by atoms with Crippen LogP contribution in [0.1, 0.15) is 13.8 Å². The molecule has 2 N–H and O–H groups in total. The van der Waals surface area contributed by atoms with E-state index in [1.54, 1.807) is 0 Å². The predicted octanol–water partition coefficient (Wildman–Crippen LogP) is 0.381. The van der Waals surface area contributed by atoms with E-state index in [0.717, 1.165) is 0 Å². The van der Waals surface area contributed by atoms with Crippen molar-refractivity contribution in [3.05, 3.63) is 0 Å². The van der Waals surface area contributed by atoms with Crippen LogP contribution >= 0.6 is 0 Å². The Hall–Kier alpha value is 0.568. The fraction of sp³-hybridized carbons (Fsp3) is 1.00. The van der Waals surface area contributed by atoms with E-state index < -0.39 is 18.3 Å². The molecule has 3 nitrogen and oxygen atoms in total. The topological polar surface area (TPSA) is 44.5 Å². The minimum atomic E-state index is -1.96. The summed E-state index contributed by atoms with van der Waals surface area (Å²) in [5.41, 5.74) is 0. The van der Waals surface area contributed by atoms with E-state index in [9.17, 15) is 0 Å². The first kappa shape index (κ1) is 8.57. The molecule has 51 valence electrons. The summed E-state index contributed by atoms with van der Waals surface area (Å²) in [5.74, 6) is 0. The van der Waals surface area contributed by atoms with E-state index in [4.69, 9.17) is 11.1 Å². The predicted molar refractivity (Wildman–Crippen MR) is 27.4 cm³/mol. The molecule has 0 aromatic heterocycles. The summed E-state index contributed by atoms with van der Waals surface area (Å²) in [5, 5.41) is 0. The summed E-state index contributed by atoms with van der Waals surface area (Å²) in [4.78, 5) is 0. The van der Waals surface area contributed by atoms with Crippen LogP contribution in [0.5, 0.6) is 0 Å². The fourth-order valence-electron chi connectivity index (χ4n) is 0.266. The van der Waals surface area contributed by atoms with Crippen molar-refractivity contribution in [2.75, 3.05) is 13.2 Å². The van der Waals surface area contributed by atoms with Gasteiger partial charge in [-0.15, -0.1) is 0 Å². The third-order valence-electron chi connectivity index (χ3n) is 0.468. The van der Waals surface area contributed by atoms with Crippen molar-refractivity contribution in [3.8, 4) is 0 Å². The normalized spacial score (nSPS) is 10.5. The number of rotatable bonds is 4. The molecular weight excluding hydrogens is 190 g/mol. The Labute approximate surface area is 56.9 Å². The van der Waals surface area contributed by atoms with E-state index in [-0.39, 0.29) is 0 Å². The van der Waals surface area contributed by atoms with Gasteiger partial charge in [-0.25, -0.2) is 0 Å². The van der Waals surface area contributed by atoms with Gasteiger partial charge in [0.2, 0.25) is 0 Å². The molecule has 0 unspecified atom stereocenters. The van der Waals surface area contributed by atoms with Gasteiger partial charge in [0.25, 0.3) is 0 Å². The number of hydrogen-bond acceptors (Lipinski definition) is 3. The van der Waals surface area contributed by atoms with Crippen molar-refractivity contribution in [3.63, 3.8) is 0 Å². The van der Waals surface area contributed by atoms with Crippen molar-refractivity contribution >= 4 is 0 Å². The monoisotopic (exact) mass is 204 g/mol. The van der Waals surface area contributed by atoms with Crippen LogP contribution in [-0.4, -0.2) is 13.2 Å². The van der Waals surface area contributed by atoms with Gasteiger partial charge in [0.1, 0.15) is 0 Å². The van der Waals surface area contributed by atoms with E-state index in [2.05, 4.69) is 0 Å². The summed E-state index contributed by atoms with van der Waals surface area (Å²) in [6.07, 6.45) is 0. The first-order chi connectivity index (χ1) is 3.81. The zero-order valence-electron chi connectivity index (χ0n) is 5.22. The van der Waals surface area contributed by atoms with Crippen LogP contribution in [-0.2, 0) is 25.1 Å². The summed E-state index contributed by atoms with van der Waals surface area (Å²) in [6.45, 7) is 5.18. The minimum absolute atomic E-state index is 0.674. The number of nitrogens with two attached hydrogens (primary N) is 1. The van der Waals surface area contributed by atoms with Crippen molar-refractivity contribution in [1.82, 2.24) is 0 Å². The zero-order chi connectivity index (χ0) is 6.41. The second kappa shape index (κ2) is 5.70. The Morgan fingerprint density at radius 3 is 1.88 bits per heavy atom. The van der Waals surface area contributed by atoms with Crippen LogP contribution in [0.15, 0.2) is 0 Å². The van der Waals surface area contributed by atoms with Crippen LogP contribution in [0, 0.1) is 0 Å². The van der Waals surface area contributed by atoms with Gasteiger partial charge in [-0.2, -0.15) is 0 Å². The Morgan fingerprint density at radius 1 is 1.25 bits per heavy atom. The van der Waals surface area contributed by atoms with E-state index in [0.29, 0.717) is 13.2 Å². The second-order valence-corrected chi connectivity index (χ2v) is 3.51. The molecule has 0 fully saturated rings. The van der Waals surface area contributed by atoms with E-state index >= 15 is 0 Å². The van der Waals surface area contributed by atoms with Crippen LogP contribution in [0.25, 0.3) is 0 Å². The SMILES string of the molecule is CC[O][Mo]([NH2])[O]CC. The quantitative estimate of drug-likeness (QED) is 0.670. The fourth-order valence-corrected chi connectivity index (χ4v) is 1.58. The Morgan fingerprint density at radius 2 is 1.62 bits per heavy atom. The maximum absolute atomic E-state index is 5.42. The first-order valence-electron chi connectivity index (χ1n) is 2.56. The van der Waals surface area contributed by atoms with Gasteiger partial charge >= 0.3 is 56.5 Å². The molecule has 0 aromatic carbocycles. The molecule has 0 aromatic rings. The van der Waals surface area contributed by atoms with Gasteiger partial charge in [0, 0.05) is 0 Å². The van der Waals surface area contributed by atoms with Gasteiger partial charge in [0.05, 0.1) is 0 Å². The van der Waals surface area contributed by atoms with E-state index in [1.807, 2.05) is 13.8 Å². The molecule has 0 radical (unpaired) electrons. The molecule has 0 saturated heterocycles. The molecule has 0 amide bonds. The molecule has 0 rings (SSSR count). The Balaban J connectivity index is 2.92. The van der Waals surface area contributed by atoms with Crippen molar-refractivity contribution in [2.45, 2.75) is 13.8 Å². The molecular formula is C4H12MoNO2. The van der Waals surface area contributed by atoms with Crippen LogP contribution in [0.3, 0.4) is 0 Å². The van der Waals surface area contributed by atoms with Gasteiger partial charge in [-0.05, 0) is 0 Å². The van der Waals surface area contributed by atoms with Crippen LogP contribution in [0.2, 0.25) is 0 Å². The van der Waals surface area contributed by atoms with Gasteiger partial charge in [0.15, 0.2) is 0 Å². The van der Waals surface area contributed by atoms with E-state index in [1.165, 1.54) is 0 Å². The molecule has 0 atom stereocenters. The zero-order valence-corrected chi connectivity index (χ0v) is 7.22. The first-order valence-corrected chi connectivity index (χ1v) is 5.36. The molecule has 0 aliphatic rings. The third kappa shape index (κ3) is 4.72. The van der Waals surface area contributed by atoms with Gasteiger partial charge in [-0.3, -0.25) is 0 Å². The maximum atomic E-state index is 5.42. The molecule has 0 saturated carbocycles.